The van der Waals surface area contributed by atoms with Crippen molar-refractivity contribution in [2.45, 2.75) is 41.5 Å². The van der Waals surface area contributed by atoms with E-state index in [2.05, 4.69) is 38.1 Å². The quantitative estimate of drug-likeness (QED) is 0.135. The molecule has 0 radical (unpaired) electrons. The van der Waals surface area contributed by atoms with Crippen molar-refractivity contribution in [2.75, 3.05) is 0 Å². The van der Waals surface area contributed by atoms with E-state index in [-0.39, 0.29) is 11.0 Å². The van der Waals surface area contributed by atoms with Gasteiger partial charge in [-0.05, 0) is 0 Å². The fraction of sp³-hybridized carbons (Fsp3) is 0.136. The number of benzene rings is 6. The molecule has 3 nitrogen and oxygen atoms in total. The molecule has 6 rings (SSSR count). The van der Waals surface area contributed by atoms with Crippen LogP contribution in [0.5, 0.6) is 0 Å². The van der Waals surface area contributed by atoms with Gasteiger partial charge in [-0.1, -0.05) is 0 Å². The van der Waals surface area contributed by atoms with E-state index in [1.807, 2.05) is 149 Å². The van der Waals surface area contributed by atoms with Crippen LogP contribution in [0.25, 0.3) is 0 Å². The predicted octanol–water partition coefficient (Wildman–Crippen LogP) is 9.17. The van der Waals surface area contributed by atoms with Crippen LogP contribution in [0.4, 0.5) is 0 Å². The first-order chi connectivity index (χ1) is 23.6. The molecule has 0 N–H and O–H groups in total. The summed E-state index contributed by atoms with van der Waals surface area (Å²) in [5.41, 5.74) is 6.98. The van der Waals surface area contributed by atoms with Gasteiger partial charge in [0.1, 0.15) is 0 Å². The molecule has 49 heavy (non-hydrogen) atoms. The SMILES string of the molecule is Cc1cc(C)c(C(=O)[PH](O[PH](C(=O)c2c(C)cc(C)cc2C)(c2ccccc2)c2ccccc2)(c2ccccc2)c2ccccc2)c(C)c1. The van der Waals surface area contributed by atoms with Crippen molar-refractivity contribution < 1.29 is 13.9 Å². The molecule has 248 valence electrons. The second-order valence-electron chi connectivity index (χ2n) is 13.1. The molecule has 0 bridgehead atoms. The van der Waals surface area contributed by atoms with Crippen molar-refractivity contribution in [1.29, 1.82) is 0 Å². The van der Waals surface area contributed by atoms with Crippen LogP contribution in [0.2, 0.25) is 0 Å². The van der Waals surface area contributed by atoms with Crippen LogP contribution in [0.1, 0.15) is 54.1 Å². The topological polar surface area (TPSA) is 43.4 Å². The van der Waals surface area contributed by atoms with E-state index in [0.29, 0.717) is 11.1 Å². The normalized spacial score (nSPS) is 12.4. The summed E-state index contributed by atoms with van der Waals surface area (Å²) in [5.74, 6) is 0. The van der Waals surface area contributed by atoms with Gasteiger partial charge in [0.2, 0.25) is 0 Å². The van der Waals surface area contributed by atoms with Gasteiger partial charge >= 0.3 is 293 Å². The molecule has 0 aliphatic heterocycles. The Morgan fingerprint density at radius 3 is 0.837 bits per heavy atom. The first kappa shape index (κ1) is 34.3. The van der Waals surface area contributed by atoms with Gasteiger partial charge in [0, 0.05) is 0 Å². The molecule has 0 saturated carbocycles. The average molecular weight is 683 g/mol. The third kappa shape index (κ3) is 6.24. The molecule has 6 aromatic rings. The zero-order chi connectivity index (χ0) is 34.8. The summed E-state index contributed by atoms with van der Waals surface area (Å²) in [4.78, 5) is 31.9. The van der Waals surface area contributed by atoms with Gasteiger partial charge in [-0.2, -0.15) is 0 Å². The molecule has 0 aromatic heterocycles. The molecular weight excluding hydrogens is 638 g/mol. The van der Waals surface area contributed by atoms with Gasteiger partial charge < -0.3 is 0 Å². The molecule has 0 amide bonds. The van der Waals surface area contributed by atoms with Gasteiger partial charge in [-0.3, -0.25) is 0 Å². The number of carbonyl (C=O) groups excluding carboxylic acids is 2. The van der Waals surface area contributed by atoms with E-state index < -0.39 is 15.0 Å². The molecule has 0 aliphatic carbocycles. The van der Waals surface area contributed by atoms with Gasteiger partial charge in [-0.25, -0.2) is 0 Å². The molecule has 0 atom stereocenters. The third-order valence-corrected chi connectivity index (χ3v) is 18.3. The molecule has 0 aliphatic rings. The van der Waals surface area contributed by atoms with E-state index in [1.54, 1.807) is 0 Å². The molecule has 0 saturated heterocycles. The Kier molecular flexibility index (Phi) is 9.91. The second kappa shape index (κ2) is 14.1. The van der Waals surface area contributed by atoms with Crippen molar-refractivity contribution in [2.24, 2.45) is 0 Å². The average Bonchev–Trinajstić information content (AvgIpc) is 3.09. The third-order valence-electron chi connectivity index (χ3n) is 9.48. The Morgan fingerprint density at radius 1 is 0.388 bits per heavy atom. The first-order valence-corrected chi connectivity index (χ1v) is 20.6. The Bertz CT molecular complexity index is 1850. The van der Waals surface area contributed by atoms with Gasteiger partial charge in [0.15, 0.2) is 0 Å². The predicted molar refractivity (Wildman–Crippen MR) is 212 cm³/mol. The van der Waals surface area contributed by atoms with E-state index in [4.69, 9.17) is 4.31 Å². The summed E-state index contributed by atoms with van der Waals surface area (Å²) < 4.78 is 8.06. The van der Waals surface area contributed by atoms with Gasteiger partial charge in [0.05, 0.1) is 0 Å². The first-order valence-electron chi connectivity index (χ1n) is 16.8. The number of carbonyl (C=O) groups is 2. The summed E-state index contributed by atoms with van der Waals surface area (Å²) in [6, 6.07) is 48.0. The Balaban J connectivity index is 1.80. The molecular formula is C44H44O3P2. The number of hydrogen-bond acceptors (Lipinski definition) is 3. The fourth-order valence-corrected chi connectivity index (χ4v) is 17.9. The second-order valence-corrected chi connectivity index (χ2v) is 19.9. The summed E-state index contributed by atoms with van der Waals surface area (Å²) in [6.07, 6.45) is 0. The molecule has 0 unspecified atom stereocenters. The summed E-state index contributed by atoms with van der Waals surface area (Å²) in [7, 11) is -8.02. The zero-order valence-electron chi connectivity index (χ0n) is 29.1. The maximum atomic E-state index is 15.9. The van der Waals surface area contributed by atoms with Crippen molar-refractivity contribution in [3.05, 3.63) is 190 Å². The van der Waals surface area contributed by atoms with E-state index >= 15 is 9.59 Å². The molecule has 5 heteroatoms. The molecule has 0 spiro atoms. The number of rotatable bonds is 10. The van der Waals surface area contributed by atoms with Crippen molar-refractivity contribution in [3.63, 3.8) is 0 Å². The standard InChI is InChI=1S/C44H44O3P2/c1-31-27-33(3)41(34(4)28-31)43(45)48(37-19-11-7-12-20-37,38-21-13-8-14-22-38)47-49(39-23-15-9-16-24-39,40-25-17-10-18-26-40)44(46)42-35(5)29-32(2)30-36(42)6/h7-30,48-49H,1-6H3. The monoisotopic (exact) mass is 682 g/mol. The number of hydrogen-bond donors (Lipinski definition) is 0. The number of aryl methyl sites for hydroxylation is 6. The zero-order valence-corrected chi connectivity index (χ0v) is 31.1. The molecule has 0 heterocycles. The minimum absolute atomic E-state index is 0.0613. The minimum atomic E-state index is -4.01. The fourth-order valence-electron chi connectivity index (χ4n) is 7.54. The van der Waals surface area contributed by atoms with Crippen LogP contribution in [0, 0.1) is 41.5 Å². The Hall–Kier alpha value is -4.52. The van der Waals surface area contributed by atoms with Crippen LogP contribution < -0.4 is 21.2 Å². The molecule has 6 aromatic carbocycles. The Morgan fingerprint density at radius 2 is 0.612 bits per heavy atom. The van der Waals surface area contributed by atoms with Gasteiger partial charge in [-0.15, -0.1) is 0 Å². The van der Waals surface area contributed by atoms with Crippen molar-refractivity contribution >= 4 is 47.2 Å². The summed E-state index contributed by atoms with van der Waals surface area (Å²) in [5, 5.41) is 3.22. The van der Waals surface area contributed by atoms with Crippen LogP contribution in [0.15, 0.2) is 146 Å². The van der Waals surface area contributed by atoms with Crippen LogP contribution in [-0.4, -0.2) is 11.0 Å². The van der Waals surface area contributed by atoms with E-state index in [9.17, 15) is 0 Å². The Labute approximate surface area is 291 Å². The summed E-state index contributed by atoms with van der Waals surface area (Å²) >= 11 is 0. The van der Waals surface area contributed by atoms with Crippen LogP contribution >= 0.6 is 15.0 Å². The van der Waals surface area contributed by atoms with Crippen molar-refractivity contribution in [1.82, 2.24) is 0 Å². The molecule has 0 fully saturated rings. The van der Waals surface area contributed by atoms with E-state index in [1.165, 1.54) is 0 Å². The van der Waals surface area contributed by atoms with E-state index in [0.717, 1.165) is 54.6 Å². The van der Waals surface area contributed by atoms with Crippen molar-refractivity contribution in [3.8, 4) is 0 Å². The summed E-state index contributed by atoms with van der Waals surface area (Å²) in [6.45, 7) is 12.1. The van der Waals surface area contributed by atoms with Gasteiger partial charge in [0.25, 0.3) is 0 Å². The van der Waals surface area contributed by atoms with Crippen LogP contribution in [0.3, 0.4) is 0 Å². The van der Waals surface area contributed by atoms with Crippen LogP contribution in [-0.2, 0) is 4.31 Å². The maximum absolute atomic E-state index is 15.9.